The number of carbonyl (C=O) groups excluding carboxylic acids is 3. The van der Waals surface area contributed by atoms with Gasteiger partial charge in [-0.1, -0.05) is 86.1 Å². The summed E-state index contributed by atoms with van der Waals surface area (Å²) in [6.45, 7) is 4.07. The van der Waals surface area contributed by atoms with Gasteiger partial charge in [-0.3, -0.25) is 14.6 Å². The molecule has 0 radical (unpaired) electrons. The summed E-state index contributed by atoms with van der Waals surface area (Å²) in [7, 11) is 0. The summed E-state index contributed by atoms with van der Waals surface area (Å²) < 4.78 is 6.60. The van der Waals surface area contributed by atoms with Gasteiger partial charge in [-0.25, -0.2) is 4.79 Å². The first kappa shape index (κ1) is 25.1. The number of allylic oxidation sites excluding steroid dienone is 2. The monoisotopic (exact) mass is 565 g/mol. The van der Waals surface area contributed by atoms with Crippen LogP contribution < -0.4 is 4.74 Å². The van der Waals surface area contributed by atoms with Gasteiger partial charge in [0.15, 0.2) is 5.78 Å². The molecule has 3 aliphatic rings. The van der Waals surface area contributed by atoms with E-state index < -0.39 is 23.7 Å². The summed E-state index contributed by atoms with van der Waals surface area (Å²) in [5, 5.41) is 1.20. The number of carbonyl (C=O) groups is 3. The van der Waals surface area contributed by atoms with Crippen LogP contribution in [0.5, 0.6) is 5.75 Å². The first-order chi connectivity index (χ1) is 19.2. The predicted molar refractivity (Wildman–Crippen MR) is 157 cm³/mol. The van der Waals surface area contributed by atoms with Gasteiger partial charge in [-0.15, -0.1) is 11.3 Å². The molecule has 0 saturated carbocycles. The van der Waals surface area contributed by atoms with Crippen molar-refractivity contribution in [3.8, 4) is 5.75 Å². The smallest absolute Gasteiger partial charge is 0.355 e. The van der Waals surface area contributed by atoms with Crippen LogP contribution in [0.3, 0.4) is 0 Å². The van der Waals surface area contributed by atoms with Crippen LogP contribution in [0, 0.1) is 17.3 Å². The molecule has 4 aromatic rings. The van der Waals surface area contributed by atoms with Gasteiger partial charge in [-0.05, 0) is 29.2 Å². The number of nitrogens with zero attached hydrogens (tertiary/aromatic N) is 1. The van der Waals surface area contributed by atoms with E-state index in [-0.39, 0.29) is 17.0 Å². The van der Waals surface area contributed by atoms with Crippen LogP contribution in [0.25, 0.3) is 10.1 Å². The molecule has 1 aromatic heterocycles. The highest BCUT2D eigenvalue weighted by Crippen LogP contribution is 2.51. The summed E-state index contributed by atoms with van der Waals surface area (Å²) in [6, 6.07) is 22.2. The van der Waals surface area contributed by atoms with Crippen molar-refractivity contribution < 1.29 is 19.1 Å². The second kappa shape index (κ2) is 9.08. The SMILES string of the molecule is CC1(C)C=C2N=C3c4ccccc4C(=O)C3[C@H](c3ccc(OC(=O)c4sc5ccccc5c4Cl)cc3)[C@H]2C(=O)C1. The Bertz CT molecular complexity index is 1810. The molecule has 3 aromatic carbocycles. The number of rotatable bonds is 3. The second-order valence-electron chi connectivity index (χ2n) is 11.3. The maximum absolute atomic E-state index is 13.7. The van der Waals surface area contributed by atoms with Crippen LogP contribution in [-0.4, -0.2) is 23.2 Å². The molecule has 0 fully saturated rings. The number of hydrogen-bond donors (Lipinski definition) is 0. The van der Waals surface area contributed by atoms with Crippen LogP contribution in [0.15, 0.2) is 89.6 Å². The molecule has 5 nitrogen and oxygen atoms in total. The number of benzene rings is 3. The van der Waals surface area contributed by atoms with Gasteiger partial charge in [0.25, 0.3) is 0 Å². The van der Waals surface area contributed by atoms with Gasteiger partial charge in [-0.2, -0.15) is 0 Å². The van der Waals surface area contributed by atoms with Gasteiger partial charge in [0.2, 0.25) is 0 Å². The van der Waals surface area contributed by atoms with Crippen molar-refractivity contribution in [1.29, 1.82) is 0 Å². The van der Waals surface area contributed by atoms with Gasteiger partial charge in [0.05, 0.1) is 22.6 Å². The van der Waals surface area contributed by atoms with Crippen molar-refractivity contribution in [3.05, 3.63) is 111 Å². The molecule has 1 unspecified atom stereocenters. The zero-order chi connectivity index (χ0) is 27.8. The topological polar surface area (TPSA) is 72.8 Å². The highest BCUT2D eigenvalue weighted by Gasteiger charge is 2.52. The molecule has 0 spiro atoms. The van der Waals surface area contributed by atoms with Crippen LogP contribution in [0.2, 0.25) is 5.02 Å². The van der Waals surface area contributed by atoms with Crippen molar-refractivity contribution in [2.75, 3.05) is 0 Å². The Labute approximate surface area is 240 Å². The lowest BCUT2D eigenvalue weighted by Gasteiger charge is -2.40. The van der Waals surface area contributed by atoms with Crippen molar-refractivity contribution in [3.63, 3.8) is 0 Å². The van der Waals surface area contributed by atoms with E-state index in [1.54, 1.807) is 12.1 Å². The quantitative estimate of drug-likeness (QED) is 0.189. The third-order valence-corrected chi connectivity index (χ3v) is 9.70. The average molecular weight is 566 g/mol. The first-order valence-electron chi connectivity index (χ1n) is 13.2. The number of Topliss-reactive ketones (excluding diaryl/α,β-unsaturated/α-hetero) is 2. The molecule has 0 bridgehead atoms. The van der Waals surface area contributed by atoms with E-state index in [1.807, 2.05) is 74.5 Å². The van der Waals surface area contributed by atoms with Crippen molar-refractivity contribution in [2.24, 2.45) is 22.2 Å². The highest BCUT2D eigenvalue weighted by atomic mass is 35.5. The van der Waals surface area contributed by atoms with E-state index in [2.05, 4.69) is 6.08 Å². The number of hydrogen-bond acceptors (Lipinski definition) is 6. The fourth-order valence-corrected chi connectivity index (χ4v) is 7.75. The van der Waals surface area contributed by atoms with E-state index in [0.717, 1.165) is 32.6 Å². The standard InChI is InChI=1S/C33H24ClNO4S/c1-33(2)15-22-26(23(36)16-33)25(27-29(35-22)19-7-3-4-8-20(19)30(27)37)17-11-13-18(14-12-17)39-32(38)31-28(34)21-9-5-6-10-24(21)40-31/h3-15,25-27H,16H2,1-2H3/t25-,26-,27?/m1/s1. The van der Waals surface area contributed by atoms with Crippen LogP contribution in [0.1, 0.15) is 57.3 Å². The van der Waals surface area contributed by atoms with Crippen molar-refractivity contribution in [1.82, 2.24) is 0 Å². The van der Waals surface area contributed by atoms with Crippen molar-refractivity contribution >= 4 is 56.3 Å². The first-order valence-corrected chi connectivity index (χ1v) is 14.4. The summed E-state index contributed by atoms with van der Waals surface area (Å²) in [4.78, 5) is 45.6. The average Bonchev–Trinajstić information content (AvgIpc) is 3.42. The lowest BCUT2D eigenvalue weighted by molar-refractivity contribution is -0.124. The Kier molecular flexibility index (Phi) is 5.70. The zero-order valence-corrected chi connectivity index (χ0v) is 23.4. The van der Waals surface area contributed by atoms with E-state index in [1.165, 1.54) is 11.3 Å². The molecule has 3 atom stereocenters. The number of thiophene rings is 1. The minimum absolute atomic E-state index is 0.00839. The number of ketones is 2. The molecular weight excluding hydrogens is 542 g/mol. The number of fused-ring (bicyclic) bond motifs is 5. The minimum atomic E-state index is -0.546. The van der Waals surface area contributed by atoms with Gasteiger partial charge in [0, 0.05) is 39.2 Å². The molecule has 0 N–H and O–H groups in total. The predicted octanol–water partition coefficient (Wildman–Crippen LogP) is 7.67. The van der Waals surface area contributed by atoms with Crippen molar-refractivity contribution in [2.45, 2.75) is 26.2 Å². The Morgan fingerprint density at radius 2 is 1.65 bits per heavy atom. The normalized spacial score (nSPS) is 22.7. The number of ether oxygens (including phenoxy) is 1. The highest BCUT2D eigenvalue weighted by molar-refractivity contribution is 7.21. The molecule has 1 aliphatic heterocycles. The molecule has 7 rings (SSSR count). The Balaban J connectivity index is 1.25. The summed E-state index contributed by atoms with van der Waals surface area (Å²) in [5.74, 6) is -1.53. The second-order valence-corrected chi connectivity index (χ2v) is 12.7. The summed E-state index contributed by atoms with van der Waals surface area (Å²) >= 11 is 7.77. The zero-order valence-electron chi connectivity index (χ0n) is 21.8. The fourth-order valence-electron chi connectivity index (χ4n) is 6.37. The minimum Gasteiger partial charge on any atom is -0.422 e. The van der Waals surface area contributed by atoms with E-state index in [4.69, 9.17) is 21.3 Å². The molecule has 0 amide bonds. The van der Waals surface area contributed by atoms with Gasteiger partial charge >= 0.3 is 5.97 Å². The molecular formula is C33H24ClNO4S. The van der Waals surface area contributed by atoms with E-state index in [9.17, 15) is 14.4 Å². The van der Waals surface area contributed by atoms with Crippen LogP contribution >= 0.6 is 22.9 Å². The number of esters is 1. The molecule has 0 saturated heterocycles. The van der Waals surface area contributed by atoms with E-state index in [0.29, 0.717) is 27.6 Å². The molecule has 2 aliphatic carbocycles. The van der Waals surface area contributed by atoms with Crippen LogP contribution in [0.4, 0.5) is 0 Å². The number of aliphatic imine (C=N–C) groups is 1. The molecule has 2 heterocycles. The number of halogens is 1. The fraction of sp³-hybridized carbons (Fsp3) is 0.212. The van der Waals surface area contributed by atoms with Crippen LogP contribution in [-0.2, 0) is 4.79 Å². The molecule has 40 heavy (non-hydrogen) atoms. The lowest BCUT2D eigenvalue weighted by Crippen LogP contribution is -2.41. The third-order valence-electron chi connectivity index (χ3n) is 8.04. The maximum atomic E-state index is 13.7. The maximum Gasteiger partial charge on any atom is 0.355 e. The largest absolute Gasteiger partial charge is 0.422 e. The Morgan fingerprint density at radius 3 is 2.40 bits per heavy atom. The van der Waals surface area contributed by atoms with Gasteiger partial charge in [0.1, 0.15) is 16.4 Å². The summed E-state index contributed by atoms with van der Waals surface area (Å²) in [5.41, 5.74) is 3.47. The Morgan fingerprint density at radius 1 is 0.950 bits per heavy atom. The van der Waals surface area contributed by atoms with E-state index >= 15 is 0 Å². The van der Waals surface area contributed by atoms with Gasteiger partial charge < -0.3 is 4.74 Å². The third kappa shape index (κ3) is 3.89. The molecule has 198 valence electrons. The molecule has 7 heteroatoms. The summed E-state index contributed by atoms with van der Waals surface area (Å²) in [6.07, 6.45) is 2.48. The Hall–Kier alpha value is -3.87. The lowest BCUT2D eigenvalue weighted by atomic mass is 9.64.